The van der Waals surface area contributed by atoms with Crippen LogP contribution in [0.2, 0.25) is 0 Å². The molecular formula is C9H18BrNO2. The molecule has 0 aromatic heterocycles. The molecule has 0 radical (unpaired) electrons. The molecule has 3 unspecified atom stereocenters. The number of β-amino-alcohol motifs (C(OH)–C–C–N with tert-alkyl or cyclic N) is 1. The van der Waals surface area contributed by atoms with Gasteiger partial charge >= 0.3 is 0 Å². The lowest BCUT2D eigenvalue weighted by Gasteiger charge is -2.35. The van der Waals surface area contributed by atoms with E-state index >= 15 is 0 Å². The van der Waals surface area contributed by atoms with Crippen LogP contribution in [0.1, 0.15) is 13.3 Å². The van der Waals surface area contributed by atoms with Gasteiger partial charge in [0.25, 0.3) is 0 Å². The van der Waals surface area contributed by atoms with E-state index < -0.39 is 0 Å². The first-order valence-electron chi connectivity index (χ1n) is 4.78. The molecule has 1 rings (SSSR count). The molecule has 0 saturated carbocycles. The van der Waals surface area contributed by atoms with Gasteiger partial charge in [-0.3, -0.25) is 0 Å². The van der Waals surface area contributed by atoms with Gasteiger partial charge in [-0.15, -0.1) is 0 Å². The number of alkyl halides is 1. The Hall–Kier alpha value is 0.360. The third-order valence-corrected chi connectivity index (χ3v) is 3.34. The number of aliphatic hydroxyl groups is 2. The quantitative estimate of drug-likeness (QED) is 0.716. The van der Waals surface area contributed by atoms with Crippen molar-refractivity contribution in [2.24, 2.45) is 5.92 Å². The Kier molecular flexibility index (Phi) is 4.66. The zero-order valence-corrected chi connectivity index (χ0v) is 9.57. The summed E-state index contributed by atoms with van der Waals surface area (Å²) in [5.41, 5.74) is 0. The van der Waals surface area contributed by atoms with Gasteiger partial charge < -0.3 is 15.1 Å². The summed E-state index contributed by atoms with van der Waals surface area (Å²) in [4.78, 5) is 2.21. The maximum Gasteiger partial charge on any atom is 0.0763 e. The van der Waals surface area contributed by atoms with Crippen LogP contribution in [0.4, 0.5) is 0 Å². The molecule has 2 N–H and O–H groups in total. The van der Waals surface area contributed by atoms with Crippen molar-refractivity contribution in [2.75, 3.05) is 25.0 Å². The summed E-state index contributed by atoms with van der Waals surface area (Å²) < 4.78 is 0. The lowest BCUT2D eigenvalue weighted by atomic mass is 9.96. The SMILES string of the molecule is CC1CN(CC(O)CBr)CCC1O. The Morgan fingerprint density at radius 3 is 2.85 bits per heavy atom. The molecule has 0 spiro atoms. The highest BCUT2D eigenvalue weighted by molar-refractivity contribution is 9.09. The van der Waals surface area contributed by atoms with Crippen molar-refractivity contribution in [3.63, 3.8) is 0 Å². The summed E-state index contributed by atoms with van der Waals surface area (Å²) in [6, 6.07) is 0. The van der Waals surface area contributed by atoms with E-state index in [2.05, 4.69) is 27.8 Å². The van der Waals surface area contributed by atoms with Crippen LogP contribution in [0, 0.1) is 5.92 Å². The standard InChI is InChI=1S/C9H18BrNO2/c1-7-5-11(3-2-9(7)13)6-8(12)4-10/h7-9,12-13H,2-6H2,1H3. The number of nitrogens with zero attached hydrogens (tertiary/aromatic N) is 1. The summed E-state index contributed by atoms with van der Waals surface area (Å²) in [6.45, 7) is 4.56. The first kappa shape index (κ1) is 11.4. The van der Waals surface area contributed by atoms with Crippen molar-refractivity contribution in [1.29, 1.82) is 0 Å². The number of hydrogen-bond donors (Lipinski definition) is 2. The van der Waals surface area contributed by atoms with Crippen LogP contribution in [0.3, 0.4) is 0 Å². The van der Waals surface area contributed by atoms with Crippen LogP contribution in [0.5, 0.6) is 0 Å². The second-order valence-corrected chi connectivity index (χ2v) is 4.55. The van der Waals surface area contributed by atoms with Gasteiger partial charge in [-0.1, -0.05) is 22.9 Å². The number of halogens is 1. The normalized spacial score (nSPS) is 33.2. The third kappa shape index (κ3) is 3.54. The summed E-state index contributed by atoms with van der Waals surface area (Å²) in [5.74, 6) is 0.330. The maximum atomic E-state index is 9.49. The van der Waals surface area contributed by atoms with Crippen molar-refractivity contribution in [3.8, 4) is 0 Å². The molecule has 3 nitrogen and oxygen atoms in total. The molecule has 1 aliphatic heterocycles. The summed E-state index contributed by atoms with van der Waals surface area (Å²) in [5, 5.41) is 19.5. The summed E-state index contributed by atoms with van der Waals surface area (Å²) >= 11 is 3.24. The predicted molar refractivity (Wildman–Crippen MR) is 56.0 cm³/mol. The Bertz CT molecular complexity index is 155. The minimum atomic E-state index is -0.289. The summed E-state index contributed by atoms with van der Waals surface area (Å²) in [6.07, 6.45) is 0.385. The molecule has 0 aliphatic carbocycles. The summed E-state index contributed by atoms with van der Waals surface area (Å²) in [7, 11) is 0. The number of rotatable bonds is 3. The van der Waals surface area contributed by atoms with Crippen molar-refractivity contribution < 1.29 is 10.2 Å². The van der Waals surface area contributed by atoms with Gasteiger partial charge in [0.2, 0.25) is 0 Å². The van der Waals surface area contributed by atoms with E-state index in [0.29, 0.717) is 17.8 Å². The fourth-order valence-corrected chi connectivity index (χ4v) is 1.94. The molecule has 0 bridgehead atoms. The predicted octanol–water partition coefficient (Wildman–Crippen LogP) is 0.445. The smallest absolute Gasteiger partial charge is 0.0763 e. The van der Waals surface area contributed by atoms with Crippen LogP contribution >= 0.6 is 15.9 Å². The van der Waals surface area contributed by atoms with Crippen molar-refractivity contribution in [2.45, 2.75) is 25.6 Å². The van der Waals surface area contributed by atoms with Gasteiger partial charge in [-0.2, -0.15) is 0 Å². The molecule has 1 heterocycles. The van der Waals surface area contributed by atoms with E-state index in [1.54, 1.807) is 0 Å². The van der Waals surface area contributed by atoms with E-state index in [4.69, 9.17) is 0 Å². The number of aliphatic hydroxyl groups excluding tert-OH is 2. The minimum absolute atomic E-state index is 0.155. The molecule has 1 saturated heterocycles. The fraction of sp³-hybridized carbons (Fsp3) is 1.00. The molecule has 1 fully saturated rings. The first-order chi connectivity index (χ1) is 6.13. The second-order valence-electron chi connectivity index (χ2n) is 3.90. The Morgan fingerprint density at radius 2 is 2.31 bits per heavy atom. The van der Waals surface area contributed by atoms with Gasteiger partial charge in [0, 0.05) is 25.0 Å². The second kappa shape index (κ2) is 5.29. The molecule has 1 aliphatic rings. The topological polar surface area (TPSA) is 43.7 Å². The highest BCUT2D eigenvalue weighted by atomic mass is 79.9. The van der Waals surface area contributed by atoms with Gasteiger partial charge in [-0.25, -0.2) is 0 Å². The zero-order chi connectivity index (χ0) is 9.84. The van der Waals surface area contributed by atoms with Crippen molar-refractivity contribution in [1.82, 2.24) is 4.90 Å². The van der Waals surface area contributed by atoms with E-state index in [9.17, 15) is 10.2 Å². The van der Waals surface area contributed by atoms with Gasteiger partial charge in [0.15, 0.2) is 0 Å². The largest absolute Gasteiger partial charge is 0.393 e. The third-order valence-electron chi connectivity index (χ3n) is 2.59. The Morgan fingerprint density at radius 1 is 1.62 bits per heavy atom. The molecule has 0 aromatic rings. The van der Waals surface area contributed by atoms with Crippen LogP contribution in [0.25, 0.3) is 0 Å². The first-order valence-corrected chi connectivity index (χ1v) is 5.90. The zero-order valence-electron chi connectivity index (χ0n) is 7.99. The number of piperidine rings is 1. The molecular weight excluding hydrogens is 234 g/mol. The number of hydrogen-bond acceptors (Lipinski definition) is 3. The highest BCUT2D eigenvalue weighted by Crippen LogP contribution is 2.16. The highest BCUT2D eigenvalue weighted by Gasteiger charge is 2.24. The van der Waals surface area contributed by atoms with Crippen molar-refractivity contribution in [3.05, 3.63) is 0 Å². The number of likely N-dealkylation sites (tertiary alicyclic amines) is 1. The van der Waals surface area contributed by atoms with E-state index in [-0.39, 0.29) is 12.2 Å². The molecule has 13 heavy (non-hydrogen) atoms. The van der Waals surface area contributed by atoms with Crippen LogP contribution in [-0.4, -0.2) is 52.3 Å². The monoisotopic (exact) mass is 251 g/mol. The Labute approximate surface area is 87.9 Å². The van der Waals surface area contributed by atoms with Gasteiger partial charge in [-0.05, 0) is 12.3 Å². The van der Waals surface area contributed by atoms with Gasteiger partial charge in [0.1, 0.15) is 0 Å². The molecule has 78 valence electrons. The van der Waals surface area contributed by atoms with E-state index in [0.717, 1.165) is 19.5 Å². The average molecular weight is 252 g/mol. The fourth-order valence-electron chi connectivity index (χ4n) is 1.73. The molecule has 0 amide bonds. The van der Waals surface area contributed by atoms with Gasteiger partial charge in [0.05, 0.1) is 12.2 Å². The molecule has 4 heteroatoms. The van der Waals surface area contributed by atoms with Crippen LogP contribution < -0.4 is 0 Å². The lowest BCUT2D eigenvalue weighted by Crippen LogP contribution is -2.45. The minimum Gasteiger partial charge on any atom is -0.393 e. The lowest BCUT2D eigenvalue weighted by molar-refractivity contribution is 0.0189. The molecule has 0 aromatic carbocycles. The van der Waals surface area contributed by atoms with Crippen LogP contribution in [0.15, 0.2) is 0 Å². The average Bonchev–Trinajstić information content (AvgIpc) is 2.11. The molecule has 3 atom stereocenters. The van der Waals surface area contributed by atoms with Crippen molar-refractivity contribution >= 4 is 15.9 Å². The van der Waals surface area contributed by atoms with E-state index in [1.807, 2.05) is 0 Å². The maximum absolute atomic E-state index is 9.49. The Balaban J connectivity index is 2.29. The van der Waals surface area contributed by atoms with Crippen LogP contribution in [-0.2, 0) is 0 Å². The van der Waals surface area contributed by atoms with E-state index in [1.165, 1.54) is 0 Å².